The number of carboxylic acids is 1. The number of rotatable bonds is 3. The topological polar surface area (TPSA) is 84.7 Å². The van der Waals surface area contributed by atoms with Gasteiger partial charge in [0.25, 0.3) is 0 Å². The third-order valence-corrected chi connectivity index (χ3v) is 3.32. The lowest BCUT2D eigenvalue weighted by atomic mass is 9.98. The van der Waals surface area contributed by atoms with Crippen LogP contribution in [0.1, 0.15) is 24.2 Å². The fourth-order valence-corrected chi connectivity index (χ4v) is 2.37. The Morgan fingerprint density at radius 2 is 2.26 bits per heavy atom. The molecule has 104 valence electrons. The summed E-state index contributed by atoms with van der Waals surface area (Å²) in [6, 6.07) is -0.637. The van der Waals surface area contributed by atoms with Gasteiger partial charge in [0.05, 0.1) is 11.7 Å². The van der Waals surface area contributed by atoms with E-state index in [0.717, 1.165) is 11.3 Å². The van der Waals surface area contributed by atoms with Crippen molar-refractivity contribution >= 4 is 11.9 Å². The lowest BCUT2D eigenvalue weighted by Gasteiger charge is -2.36. The van der Waals surface area contributed by atoms with Crippen LogP contribution in [0.2, 0.25) is 0 Å². The lowest BCUT2D eigenvalue weighted by Crippen LogP contribution is -2.50. The Labute approximate surface area is 110 Å². The van der Waals surface area contributed by atoms with Gasteiger partial charge in [0, 0.05) is 25.9 Å². The van der Waals surface area contributed by atoms with Gasteiger partial charge < -0.3 is 14.7 Å². The maximum Gasteiger partial charge on any atom is 0.335 e. The smallest absolute Gasteiger partial charge is 0.335 e. The monoisotopic (exact) mass is 267 g/mol. The summed E-state index contributed by atoms with van der Waals surface area (Å²) in [5.74, 6) is -1.30. The van der Waals surface area contributed by atoms with E-state index in [0.29, 0.717) is 6.42 Å². The van der Waals surface area contributed by atoms with Crippen molar-refractivity contribution in [2.75, 3.05) is 13.7 Å². The Bertz CT molecular complexity index is 511. The zero-order chi connectivity index (χ0) is 14.2. The molecule has 2 rings (SSSR count). The molecule has 2 unspecified atom stereocenters. The quantitative estimate of drug-likeness (QED) is 0.831. The molecule has 0 saturated carbocycles. The third-order valence-electron chi connectivity index (χ3n) is 3.32. The van der Waals surface area contributed by atoms with Crippen molar-refractivity contribution in [2.45, 2.75) is 25.5 Å². The zero-order valence-corrected chi connectivity index (χ0v) is 11.2. The van der Waals surface area contributed by atoms with Crippen molar-refractivity contribution in [1.29, 1.82) is 0 Å². The first kappa shape index (κ1) is 13.5. The maximum atomic E-state index is 11.7. The fraction of sp³-hybridized carbons (Fsp3) is 0.583. The average molecular weight is 267 g/mol. The van der Waals surface area contributed by atoms with Gasteiger partial charge in [0.1, 0.15) is 6.61 Å². The highest BCUT2D eigenvalue weighted by atomic mass is 16.5. The highest BCUT2D eigenvalue weighted by Gasteiger charge is 2.41. The minimum atomic E-state index is -1.07. The standard InChI is InChI=1S/C12H17N3O4/c1-4-8-7(5-14(2)13-8)10-11(12(17)18)19-6-9(16)15(10)3/h5,10-11H,4,6H2,1-3H3,(H,17,18). The maximum absolute atomic E-state index is 11.7. The molecule has 1 aliphatic rings. The number of hydrogen-bond acceptors (Lipinski definition) is 4. The minimum absolute atomic E-state index is 0.203. The van der Waals surface area contributed by atoms with Gasteiger partial charge in [-0.05, 0) is 6.42 Å². The third kappa shape index (κ3) is 2.33. The van der Waals surface area contributed by atoms with Gasteiger partial charge in [-0.1, -0.05) is 6.92 Å². The highest BCUT2D eigenvalue weighted by molar-refractivity contribution is 5.82. The molecule has 0 aliphatic carbocycles. The average Bonchev–Trinajstić information content (AvgIpc) is 2.73. The van der Waals surface area contributed by atoms with Gasteiger partial charge in [0.15, 0.2) is 6.10 Å². The SMILES string of the molecule is CCc1nn(C)cc1C1C(C(=O)O)OCC(=O)N1C. The van der Waals surface area contributed by atoms with Crippen LogP contribution in [0.3, 0.4) is 0 Å². The van der Waals surface area contributed by atoms with E-state index in [9.17, 15) is 14.7 Å². The molecule has 1 aromatic rings. The van der Waals surface area contributed by atoms with Crippen LogP contribution in [0.15, 0.2) is 6.20 Å². The zero-order valence-electron chi connectivity index (χ0n) is 11.2. The van der Waals surface area contributed by atoms with Crippen LogP contribution in [0.4, 0.5) is 0 Å². The van der Waals surface area contributed by atoms with Gasteiger partial charge in [0.2, 0.25) is 5.91 Å². The van der Waals surface area contributed by atoms with Crippen LogP contribution in [0.25, 0.3) is 0 Å². The van der Waals surface area contributed by atoms with Crippen LogP contribution in [0, 0.1) is 0 Å². The Hall–Kier alpha value is -1.89. The number of carbonyl (C=O) groups is 2. The van der Waals surface area contributed by atoms with Gasteiger partial charge >= 0.3 is 5.97 Å². The van der Waals surface area contributed by atoms with Crippen molar-refractivity contribution < 1.29 is 19.4 Å². The Morgan fingerprint density at radius 3 is 2.84 bits per heavy atom. The predicted octanol–water partition coefficient (Wildman–Crippen LogP) is -0.0346. The van der Waals surface area contributed by atoms with Crippen molar-refractivity contribution in [3.63, 3.8) is 0 Å². The molecule has 2 heterocycles. The van der Waals surface area contributed by atoms with Gasteiger partial charge in [-0.25, -0.2) is 4.79 Å². The summed E-state index contributed by atoms with van der Waals surface area (Å²) < 4.78 is 6.80. The second-order valence-electron chi connectivity index (χ2n) is 4.58. The van der Waals surface area contributed by atoms with E-state index in [2.05, 4.69) is 5.10 Å². The molecule has 2 atom stereocenters. The number of ether oxygens (including phenoxy) is 1. The Morgan fingerprint density at radius 1 is 1.58 bits per heavy atom. The van der Waals surface area contributed by atoms with Gasteiger partial charge in [-0.15, -0.1) is 0 Å². The summed E-state index contributed by atoms with van der Waals surface area (Å²) in [5, 5.41) is 13.5. The molecular weight excluding hydrogens is 250 g/mol. The molecule has 19 heavy (non-hydrogen) atoms. The number of aromatic nitrogens is 2. The van der Waals surface area contributed by atoms with E-state index in [-0.39, 0.29) is 12.5 Å². The van der Waals surface area contributed by atoms with Crippen molar-refractivity contribution in [3.8, 4) is 0 Å². The summed E-state index contributed by atoms with van der Waals surface area (Å²) in [7, 11) is 3.36. The first-order valence-corrected chi connectivity index (χ1v) is 6.08. The van der Waals surface area contributed by atoms with Gasteiger partial charge in [-0.3, -0.25) is 9.48 Å². The summed E-state index contributed by atoms with van der Waals surface area (Å²) in [4.78, 5) is 24.5. The van der Waals surface area contributed by atoms with Crippen LogP contribution >= 0.6 is 0 Å². The number of morpholine rings is 1. The van der Waals surface area contributed by atoms with Crippen LogP contribution in [-0.4, -0.2) is 51.4 Å². The molecule has 1 fully saturated rings. The molecule has 1 N–H and O–H groups in total. The molecule has 1 amide bonds. The van der Waals surface area contributed by atoms with Crippen molar-refractivity contribution in [3.05, 3.63) is 17.5 Å². The van der Waals surface area contributed by atoms with Gasteiger partial charge in [-0.2, -0.15) is 5.10 Å². The van der Waals surface area contributed by atoms with E-state index in [1.54, 1.807) is 25.0 Å². The number of amides is 1. The lowest BCUT2D eigenvalue weighted by molar-refractivity contribution is -0.171. The molecule has 1 aromatic heterocycles. The molecule has 0 spiro atoms. The molecule has 0 aromatic carbocycles. The largest absolute Gasteiger partial charge is 0.479 e. The summed E-state index contributed by atoms with van der Waals surface area (Å²) in [6.45, 7) is 1.73. The minimum Gasteiger partial charge on any atom is -0.479 e. The molecule has 0 radical (unpaired) electrons. The molecule has 1 aliphatic heterocycles. The molecule has 7 heteroatoms. The molecule has 7 nitrogen and oxygen atoms in total. The first-order chi connectivity index (χ1) is 8.95. The number of nitrogens with zero attached hydrogens (tertiary/aromatic N) is 3. The summed E-state index contributed by atoms with van der Waals surface area (Å²) >= 11 is 0. The second kappa shape index (κ2) is 5.00. The fourth-order valence-electron chi connectivity index (χ4n) is 2.37. The molecular formula is C12H17N3O4. The molecule has 1 saturated heterocycles. The number of carbonyl (C=O) groups excluding carboxylic acids is 1. The van der Waals surface area contributed by atoms with E-state index in [1.165, 1.54) is 4.90 Å². The Kier molecular flexibility index (Phi) is 3.57. The van der Waals surface area contributed by atoms with Crippen LogP contribution in [0.5, 0.6) is 0 Å². The van der Waals surface area contributed by atoms with Crippen LogP contribution < -0.4 is 0 Å². The number of carboxylic acid groups (broad SMARTS) is 1. The predicted molar refractivity (Wildman–Crippen MR) is 65.5 cm³/mol. The van der Waals surface area contributed by atoms with E-state index >= 15 is 0 Å². The van der Waals surface area contributed by atoms with E-state index < -0.39 is 18.1 Å². The molecule has 0 bridgehead atoms. The summed E-state index contributed by atoms with van der Waals surface area (Å²) in [5.41, 5.74) is 1.51. The number of likely N-dealkylation sites (N-methyl/N-ethyl adjacent to an activating group) is 1. The van der Waals surface area contributed by atoms with E-state index in [1.807, 2.05) is 6.92 Å². The highest BCUT2D eigenvalue weighted by Crippen LogP contribution is 2.31. The normalized spacial score (nSPS) is 23.7. The van der Waals surface area contributed by atoms with Crippen molar-refractivity contribution in [1.82, 2.24) is 14.7 Å². The van der Waals surface area contributed by atoms with Crippen LogP contribution in [-0.2, 0) is 27.8 Å². The Balaban J connectivity index is 2.46. The second-order valence-corrected chi connectivity index (χ2v) is 4.58. The summed E-state index contributed by atoms with van der Waals surface area (Å²) in [6.07, 6.45) is 1.36. The number of aryl methyl sites for hydroxylation is 2. The first-order valence-electron chi connectivity index (χ1n) is 6.08. The van der Waals surface area contributed by atoms with E-state index in [4.69, 9.17) is 4.74 Å². The number of hydrogen-bond donors (Lipinski definition) is 1. The number of aliphatic carboxylic acids is 1. The van der Waals surface area contributed by atoms with Crippen molar-refractivity contribution in [2.24, 2.45) is 7.05 Å².